The zero-order valence-corrected chi connectivity index (χ0v) is 14.2. The number of aryl methyl sites for hydroxylation is 1. The summed E-state index contributed by atoms with van der Waals surface area (Å²) in [6.45, 7) is 4.04. The van der Waals surface area contributed by atoms with Gasteiger partial charge < -0.3 is 15.6 Å². The van der Waals surface area contributed by atoms with Crippen LogP contribution in [0.2, 0.25) is 0 Å². The number of aromatic nitrogens is 2. The first-order chi connectivity index (χ1) is 10.4. The Morgan fingerprint density at radius 3 is 2.68 bits per heavy atom. The standard InChI is InChI=1S/C15H19BrN4O2/c1-3-13-19-12(20-22-13)8-9-18-14(21)15(2,17)10-4-6-11(16)7-5-10/h4-7H,3,8-9,17H2,1-2H3,(H,18,21). The highest BCUT2D eigenvalue weighted by atomic mass is 79.9. The third-order valence-electron chi connectivity index (χ3n) is 3.36. The highest BCUT2D eigenvalue weighted by Gasteiger charge is 2.30. The molecule has 6 nitrogen and oxygen atoms in total. The molecule has 0 bridgehead atoms. The number of nitrogens with two attached hydrogens (primary N) is 1. The molecular weight excluding hydrogens is 348 g/mol. The average molecular weight is 367 g/mol. The second kappa shape index (κ2) is 7.02. The molecule has 1 amide bonds. The van der Waals surface area contributed by atoms with Crippen molar-refractivity contribution in [3.63, 3.8) is 0 Å². The summed E-state index contributed by atoms with van der Waals surface area (Å²) < 4.78 is 5.96. The Morgan fingerprint density at radius 1 is 1.41 bits per heavy atom. The van der Waals surface area contributed by atoms with E-state index < -0.39 is 5.54 Å². The molecule has 1 heterocycles. The number of benzene rings is 1. The zero-order valence-electron chi connectivity index (χ0n) is 12.6. The van der Waals surface area contributed by atoms with Crippen LogP contribution in [-0.2, 0) is 23.2 Å². The van der Waals surface area contributed by atoms with Gasteiger partial charge in [-0.25, -0.2) is 0 Å². The average Bonchev–Trinajstić information content (AvgIpc) is 2.95. The number of carbonyl (C=O) groups excluding carboxylic acids is 1. The van der Waals surface area contributed by atoms with Crippen molar-refractivity contribution in [2.75, 3.05) is 6.54 Å². The van der Waals surface area contributed by atoms with Crippen LogP contribution >= 0.6 is 15.9 Å². The van der Waals surface area contributed by atoms with Gasteiger partial charge in [-0.05, 0) is 24.6 Å². The van der Waals surface area contributed by atoms with E-state index in [1.165, 1.54) is 0 Å². The minimum Gasteiger partial charge on any atom is -0.354 e. The summed E-state index contributed by atoms with van der Waals surface area (Å²) in [5.41, 5.74) is 5.82. The topological polar surface area (TPSA) is 94.0 Å². The van der Waals surface area contributed by atoms with Gasteiger partial charge in [0, 0.05) is 23.9 Å². The lowest BCUT2D eigenvalue weighted by molar-refractivity contribution is -0.126. The smallest absolute Gasteiger partial charge is 0.244 e. The molecule has 2 rings (SSSR count). The Hall–Kier alpha value is -1.73. The van der Waals surface area contributed by atoms with Gasteiger partial charge in [-0.3, -0.25) is 4.79 Å². The van der Waals surface area contributed by atoms with Crippen molar-refractivity contribution in [2.45, 2.75) is 32.2 Å². The number of nitrogens with one attached hydrogen (secondary N) is 1. The predicted molar refractivity (Wildman–Crippen MR) is 86.1 cm³/mol. The summed E-state index contributed by atoms with van der Waals surface area (Å²) in [6, 6.07) is 7.38. The number of amides is 1. The number of hydrogen-bond acceptors (Lipinski definition) is 5. The number of rotatable bonds is 6. The van der Waals surface area contributed by atoms with E-state index in [-0.39, 0.29) is 5.91 Å². The molecule has 0 radical (unpaired) electrons. The molecule has 22 heavy (non-hydrogen) atoms. The van der Waals surface area contributed by atoms with E-state index in [1.54, 1.807) is 6.92 Å². The summed E-state index contributed by atoms with van der Waals surface area (Å²) in [5.74, 6) is 0.938. The van der Waals surface area contributed by atoms with E-state index in [0.29, 0.717) is 31.1 Å². The Bertz CT molecular complexity index is 637. The summed E-state index contributed by atoms with van der Waals surface area (Å²) >= 11 is 3.36. The van der Waals surface area contributed by atoms with Crippen molar-refractivity contribution >= 4 is 21.8 Å². The molecule has 1 aromatic heterocycles. The fourth-order valence-electron chi connectivity index (χ4n) is 1.93. The van der Waals surface area contributed by atoms with Crippen LogP contribution in [0.3, 0.4) is 0 Å². The van der Waals surface area contributed by atoms with E-state index in [4.69, 9.17) is 10.3 Å². The van der Waals surface area contributed by atoms with Crippen molar-refractivity contribution in [1.82, 2.24) is 15.5 Å². The molecule has 0 fully saturated rings. The van der Waals surface area contributed by atoms with E-state index in [2.05, 4.69) is 31.4 Å². The van der Waals surface area contributed by atoms with Crippen LogP contribution < -0.4 is 11.1 Å². The number of carbonyl (C=O) groups is 1. The molecule has 1 unspecified atom stereocenters. The largest absolute Gasteiger partial charge is 0.354 e. The summed E-state index contributed by atoms with van der Waals surface area (Å²) in [7, 11) is 0. The highest BCUT2D eigenvalue weighted by molar-refractivity contribution is 9.10. The first-order valence-corrected chi connectivity index (χ1v) is 7.87. The van der Waals surface area contributed by atoms with Crippen LogP contribution in [-0.4, -0.2) is 22.6 Å². The fraction of sp³-hybridized carbons (Fsp3) is 0.400. The Labute approximate surface area is 137 Å². The molecule has 2 aromatic rings. The van der Waals surface area contributed by atoms with E-state index in [9.17, 15) is 4.79 Å². The molecule has 0 spiro atoms. The van der Waals surface area contributed by atoms with Gasteiger partial charge in [-0.15, -0.1) is 0 Å². The van der Waals surface area contributed by atoms with Crippen molar-refractivity contribution < 1.29 is 9.32 Å². The summed E-state index contributed by atoms with van der Waals surface area (Å²) in [5, 5.41) is 6.65. The van der Waals surface area contributed by atoms with Crippen molar-refractivity contribution in [1.29, 1.82) is 0 Å². The maximum absolute atomic E-state index is 12.3. The second-order valence-corrected chi connectivity index (χ2v) is 6.09. The van der Waals surface area contributed by atoms with Crippen LogP contribution in [0.15, 0.2) is 33.3 Å². The third-order valence-corrected chi connectivity index (χ3v) is 3.89. The zero-order chi connectivity index (χ0) is 16.2. The lowest BCUT2D eigenvalue weighted by atomic mass is 9.92. The Balaban J connectivity index is 1.91. The number of nitrogens with zero attached hydrogens (tertiary/aromatic N) is 2. The van der Waals surface area contributed by atoms with Crippen LogP contribution in [0.5, 0.6) is 0 Å². The molecule has 3 N–H and O–H groups in total. The predicted octanol–water partition coefficient (Wildman–Crippen LogP) is 1.93. The normalized spacial score (nSPS) is 13.6. The maximum atomic E-state index is 12.3. The molecule has 1 aromatic carbocycles. The van der Waals surface area contributed by atoms with Crippen molar-refractivity contribution in [3.05, 3.63) is 46.0 Å². The van der Waals surface area contributed by atoms with Crippen molar-refractivity contribution in [2.24, 2.45) is 5.73 Å². The minimum atomic E-state index is -1.09. The lowest BCUT2D eigenvalue weighted by Gasteiger charge is -2.24. The summed E-state index contributed by atoms with van der Waals surface area (Å²) in [4.78, 5) is 16.5. The van der Waals surface area contributed by atoms with Gasteiger partial charge in [-0.1, -0.05) is 40.1 Å². The molecule has 1 atom stereocenters. The molecule has 0 saturated heterocycles. The van der Waals surface area contributed by atoms with Crippen molar-refractivity contribution in [3.8, 4) is 0 Å². The minimum absolute atomic E-state index is 0.242. The first-order valence-electron chi connectivity index (χ1n) is 7.08. The SMILES string of the molecule is CCc1nc(CCNC(=O)C(C)(N)c2ccc(Br)cc2)no1. The van der Waals surface area contributed by atoms with Gasteiger partial charge >= 0.3 is 0 Å². The van der Waals surface area contributed by atoms with Crippen LogP contribution in [0, 0.1) is 0 Å². The van der Waals surface area contributed by atoms with Gasteiger partial charge in [0.1, 0.15) is 5.54 Å². The van der Waals surface area contributed by atoms with Crippen LogP contribution in [0.25, 0.3) is 0 Å². The van der Waals surface area contributed by atoms with Gasteiger partial charge in [0.05, 0.1) is 0 Å². The quantitative estimate of drug-likeness (QED) is 0.814. The van der Waals surface area contributed by atoms with Gasteiger partial charge in [-0.2, -0.15) is 4.98 Å². The number of hydrogen-bond donors (Lipinski definition) is 2. The Kier molecular flexibility index (Phi) is 5.31. The van der Waals surface area contributed by atoms with Crippen LogP contribution in [0.1, 0.15) is 31.1 Å². The fourth-order valence-corrected chi connectivity index (χ4v) is 2.20. The van der Waals surface area contributed by atoms with E-state index >= 15 is 0 Å². The maximum Gasteiger partial charge on any atom is 0.244 e. The number of halogens is 1. The highest BCUT2D eigenvalue weighted by Crippen LogP contribution is 2.20. The van der Waals surface area contributed by atoms with E-state index in [1.807, 2.05) is 31.2 Å². The monoisotopic (exact) mass is 366 g/mol. The van der Waals surface area contributed by atoms with Crippen LogP contribution in [0.4, 0.5) is 0 Å². The molecule has 0 aliphatic heterocycles. The molecular formula is C15H19BrN4O2. The third kappa shape index (κ3) is 3.92. The first kappa shape index (κ1) is 16.6. The van der Waals surface area contributed by atoms with Gasteiger partial charge in [0.15, 0.2) is 5.82 Å². The molecule has 0 aliphatic carbocycles. The second-order valence-electron chi connectivity index (χ2n) is 5.17. The molecule has 0 saturated carbocycles. The summed E-state index contributed by atoms with van der Waals surface area (Å²) in [6.07, 6.45) is 1.20. The Morgan fingerprint density at radius 2 is 2.09 bits per heavy atom. The molecule has 0 aliphatic rings. The lowest BCUT2D eigenvalue weighted by Crippen LogP contribution is -2.49. The molecule has 118 valence electrons. The van der Waals surface area contributed by atoms with Gasteiger partial charge in [0.25, 0.3) is 0 Å². The van der Waals surface area contributed by atoms with E-state index in [0.717, 1.165) is 10.0 Å². The molecule has 7 heteroatoms. The van der Waals surface area contributed by atoms with Gasteiger partial charge in [0.2, 0.25) is 11.8 Å².